The van der Waals surface area contributed by atoms with Crippen molar-refractivity contribution in [2.24, 2.45) is 7.05 Å². The zero-order chi connectivity index (χ0) is 13.1. The highest BCUT2D eigenvalue weighted by Crippen LogP contribution is 2.10. The van der Waals surface area contributed by atoms with Crippen LogP contribution in [0.3, 0.4) is 0 Å². The van der Waals surface area contributed by atoms with E-state index in [-0.39, 0.29) is 6.42 Å². The number of hydrogen-bond donors (Lipinski definition) is 3. The molecule has 1 atom stereocenters. The van der Waals surface area contributed by atoms with Crippen LogP contribution in [-0.2, 0) is 11.8 Å². The summed E-state index contributed by atoms with van der Waals surface area (Å²) in [4.78, 5) is 22.5. The van der Waals surface area contributed by atoms with Crippen molar-refractivity contribution in [3.05, 3.63) is 12.3 Å². The fourth-order valence-corrected chi connectivity index (χ4v) is 1.17. The second-order valence-electron chi connectivity index (χ2n) is 3.94. The lowest BCUT2D eigenvalue weighted by atomic mass is 10.00. The number of nitrogens with one attached hydrogen (secondary N) is 2. The summed E-state index contributed by atoms with van der Waals surface area (Å²) in [6, 6.07) is 1.03. The van der Waals surface area contributed by atoms with Crippen molar-refractivity contribution in [1.29, 1.82) is 0 Å². The normalized spacial score (nSPS) is 13.8. The highest BCUT2D eigenvalue weighted by Gasteiger charge is 2.32. The van der Waals surface area contributed by atoms with E-state index in [1.54, 1.807) is 26.2 Å². The monoisotopic (exact) mass is 240 g/mol. The molecule has 0 spiro atoms. The molecule has 0 radical (unpaired) electrons. The topological polar surface area (TPSA) is 96.3 Å². The van der Waals surface area contributed by atoms with E-state index < -0.39 is 17.5 Å². The molecule has 1 aromatic heterocycles. The summed E-state index contributed by atoms with van der Waals surface area (Å²) in [7, 11) is 1.72. The minimum atomic E-state index is -1.28. The number of nitrogens with zero attached hydrogens (tertiary/aromatic N) is 2. The predicted molar refractivity (Wildman–Crippen MR) is 61.7 cm³/mol. The van der Waals surface area contributed by atoms with Crippen LogP contribution in [-0.4, -0.2) is 32.4 Å². The number of urea groups is 1. The number of amides is 2. The van der Waals surface area contributed by atoms with Crippen LogP contribution >= 0.6 is 0 Å². The number of hydrogen-bond acceptors (Lipinski definition) is 3. The summed E-state index contributed by atoms with van der Waals surface area (Å²) >= 11 is 0. The molecule has 1 aromatic rings. The molecule has 0 aliphatic carbocycles. The van der Waals surface area contributed by atoms with Gasteiger partial charge in [0.15, 0.2) is 5.82 Å². The van der Waals surface area contributed by atoms with Gasteiger partial charge in [-0.25, -0.2) is 9.59 Å². The minimum Gasteiger partial charge on any atom is -0.480 e. The number of carboxylic acids is 1. The maximum absolute atomic E-state index is 11.6. The molecule has 17 heavy (non-hydrogen) atoms. The van der Waals surface area contributed by atoms with Crippen molar-refractivity contribution in [2.75, 3.05) is 5.32 Å². The molecular formula is C10H16N4O3. The van der Waals surface area contributed by atoms with E-state index in [1.165, 1.54) is 11.6 Å². The highest BCUT2D eigenvalue weighted by molar-refractivity contribution is 5.93. The molecule has 0 bridgehead atoms. The number of aryl methyl sites for hydroxylation is 1. The van der Waals surface area contributed by atoms with Crippen molar-refractivity contribution < 1.29 is 14.7 Å². The number of carbonyl (C=O) groups excluding carboxylic acids is 1. The Kier molecular flexibility index (Phi) is 3.72. The van der Waals surface area contributed by atoms with Gasteiger partial charge in [0.2, 0.25) is 0 Å². The van der Waals surface area contributed by atoms with E-state index in [0.717, 1.165) is 0 Å². The van der Waals surface area contributed by atoms with E-state index in [9.17, 15) is 9.59 Å². The highest BCUT2D eigenvalue weighted by atomic mass is 16.4. The lowest BCUT2D eigenvalue weighted by molar-refractivity contribution is -0.143. The van der Waals surface area contributed by atoms with Gasteiger partial charge in [-0.05, 0) is 13.3 Å². The van der Waals surface area contributed by atoms with Gasteiger partial charge in [0.25, 0.3) is 0 Å². The summed E-state index contributed by atoms with van der Waals surface area (Å²) in [5.74, 6) is -0.704. The smallest absolute Gasteiger partial charge is 0.329 e. The van der Waals surface area contributed by atoms with Crippen molar-refractivity contribution in [1.82, 2.24) is 15.1 Å². The molecule has 94 valence electrons. The van der Waals surface area contributed by atoms with Crippen LogP contribution in [0.25, 0.3) is 0 Å². The van der Waals surface area contributed by atoms with E-state index in [2.05, 4.69) is 15.7 Å². The first-order valence-corrected chi connectivity index (χ1v) is 5.19. The number of rotatable bonds is 4. The third kappa shape index (κ3) is 3.20. The summed E-state index contributed by atoms with van der Waals surface area (Å²) in [5, 5.41) is 17.8. The number of carbonyl (C=O) groups is 2. The molecule has 0 saturated carbocycles. The van der Waals surface area contributed by atoms with Crippen LogP contribution in [0.5, 0.6) is 0 Å². The second-order valence-corrected chi connectivity index (χ2v) is 3.94. The number of aliphatic carboxylic acids is 1. The second kappa shape index (κ2) is 4.86. The Bertz CT molecular complexity index is 429. The molecule has 1 unspecified atom stereocenters. The van der Waals surface area contributed by atoms with Crippen LogP contribution in [0.4, 0.5) is 10.6 Å². The number of anilines is 1. The fourth-order valence-electron chi connectivity index (χ4n) is 1.17. The average Bonchev–Trinajstić information content (AvgIpc) is 2.63. The van der Waals surface area contributed by atoms with Gasteiger partial charge in [0, 0.05) is 19.3 Å². The van der Waals surface area contributed by atoms with Gasteiger partial charge in [0.05, 0.1) is 0 Å². The Morgan fingerprint density at radius 2 is 2.24 bits per heavy atom. The van der Waals surface area contributed by atoms with E-state index in [0.29, 0.717) is 5.82 Å². The summed E-state index contributed by atoms with van der Waals surface area (Å²) in [6.45, 7) is 3.14. The first kappa shape index (κ1) is 13.0. The Hall–Kier alpha value is -2.05. The molecule has 2 amide bonds. The van der Waals surface area contributed by atoms with Gasteiger partial charge < -0.3 is 10.4 Å². The van der Waals surface area contributed by atoms with Gasteiger partial charge in [-0.15, -0.1) is 0 Å². The molecule has 0 fully saturated rings. The zero-order valence-electron chi connectivity index (χ0n) is 10.0. The van der Waals surface area contributed by atoms with Gasteiger partial charge >= 0.3 is 12.0 Å². The van der Waals surface area contributed by atoms with Crippen LogP contribution in [0.1, 0.15) is 20.3 Å². The van der Waals surface area contributed by atoms with Gasteiger partial charge in [-0.3, -0.25) is 10.00 Å². The van der Waals surface area contributed by atoms with Gasteiger partial charge in [-0.2, -0.15) is 5.10 Å². The third-order valence-corrected chi connectivity index (χ3v) is 2.52. The third-order valence-electron chi connectivity index (χ3n) is 2.52. The quantitative estimate of drug-likeness (QED) is 0.725. The molecule has 0 saturated heterocycles. The molecule has 3 N–H and O–H groups in total. The Morgan fingerprint density at radius 1 is 1.59 bits per heavy atom. The maximum atomic E-state index is 11.6. The summed E-state index contributed by atoms with van der Waals surface area (Å²) in [5.41, 5.74) is -1.28. The minimum absolute atomic E-state index is 0.290. The first-order chi connectivity index (χ1) is 7.87. The summed E-state index contributed by atoms with van der Waals surface area (Å²) < 4.78 is 1.53. The molecular weight excluding hydrogens is 224 g/mol. The summed E-state index contributed by atoms with van der Waals surface area (Å²) in [6.07, 6.45) is 1.96. The maximum Gasteiger partial charge on any atom is 0.329 e. The Balaban J connectivity index is 2.63. The molecule has 0 aliphatic heterocycles. The standard InChI is InChI=1S/C10H16N4O3/c1-4-10(2,8(15)16)12-9(17)11-7-5-6-14(3)13-7/h5-6H,4H2,1-3H3,(H,15,16)(H2,11,12,13,17). The molecule has 7 nitrogen and oxygen atoms in total. The van der Waals surface area contributed by atoms with E-state index >= 15 is 0 Å². The SMILES string of the molecule is CCC(C)(NC(=O)Nc1ccn(C)n1)C(=O)O. The number of aromatic nitrogens is 2. The van der Waals surface area contributed by atoms with Crippen molar-refractivity contribution in [2.45, 2.75) is 25.8 Å². The molecule has 0 aromatic carbocycles. The van der Waals surface area contributed by atoms with Crippen LogP contribution < -0.4 is 10.6 Å². The number of carboxylic acid groups (broad SMARTS) is 1. The zero-order valence-corrected chi connectivity index (χ0v) is 10.0. The Labute approximate surface area is 98.8 Å². The van der Waals surface area contributed by atoms with Crippen LogP contribution in [0.2, 0.25) is 0 Å². The first-order valence-electron chi connectivity index (χ1n) is 5.19. The van der Waals surface area contributed by atoms with Gasteiger partial charge in [-0.1, -0.05) is 6.92 Å². The van der Waals surface area contributed by atoms with Crippen LogP contribution in [0.15, 0.2) is 12.3 Å². The molecule has 1 heterocycles. The lowest BCUT2D eigenvalue weighted by Crippen LogP contribution is -2.53. The molecule has 7 heteroatoms. The largest absolute Gasteiger partial charge is 0.480 e. The average molecular weight is 240 g/mol. The van der Waals surface area contributed by atoms with Crippen molar-refractivity contribution in [3.8, 4) is 0 Å². The predicted octanol–water partition coefficient (Wildman–Crippen LogP) is 0.795. The fraction of sp³-hybridized carbons (Fsp3) is 0.500. The van der Waals surface area contributed by atoms with Gasteiger partial charge in [0.1, 0.15) is 5.54 Å². The van der Waals surface area contributed by atoms with E-state index in [1.807, 2.05) is 0 Å². The van der Waals surface area contributed by atoms with Crippen LogP contribution in [0, 0.1) is 0 Å². The molecule has 1 rings (SSSR count). The van der Waals surface area contributed by atoms with Crippen molar-refractivity contribution in [3.63, 3.8) is 0 Å². The lowest BCUT2D eigenvalue weighted by Gasteiger charge is -2.24. The Morgan fingerprint density at radius 3 is 2.65 bits per heavy atom. The molecule has 0 aliphatic rings. The van der Waals surface area contributed by atoms with E-state index in [4.69, 9.17) is 5.11 Å². The van der Waals surface area contributed by atoms with Crippen molar-refractivity contribution >= 4 is 17.8 Å².